The number of benzene rings is 6. The van der Waals surface area contributed by atoms with E-state index in [4.69, 9.17) is 0 Å². The van der Waals surface area contributed by atoms with Gasteiger partial charge in [0, 0.05) is 28.1 Å². The van der Waals surface area contributed by atoms with Crippen LogP contribution in [0.1, 0.15) is 80.7 Å². The number of anilines is 2. The summed E-state index contributed by atoms with van der Waals surface area (Å²) in [4.78, 5) is 2.62. The van der Waals surface area contributed by atoms with Crippen molar-refractivity contribution in [3.8, 4) is 0 Å². The maximum atomic E-state index is 2.62. The Bertz CT molecular complexity index is 2000. The molecule has 0 fully saturated rings. The summed E-state index contributed by atoms with van der Waals surface area (Å²) in [7, 11) is 0. The van der Waals surface area contributed by atoms with E-state index in [2.05, 4.69) is 190 Å². The van der Waals surface area contributed by atoms with Crippen molar-refractivity contribution in [1.82, 2.24) is 0 Å². The van der Waals surface area contributed by atoms with E-state index in [9.17, 15) is 0 Å². The van der Waals surface area contributed by atoms with E-state index in [0.717, 1.165) is 19.3 Å². The molecule has 0 amide bonds. The first kappa shape index (κ1) is 30.8. The molecule has 7 rings (SSSR count). The zero-order valence-corrected chi connectivity index (χ0v) is 28.2. The highest BCUT2D eigenvalue weighted by Gasteiger charge is 2.41. The van der Waals surface area contributed by atoms with Gasteiger partial charge < -0.3 is 4.90 Å². The van der Waals surface area contributed by atoms with Crippen molar-refractivity contribution in [2.45, 2.75) is 63.8 Å². The van der Waals surface area contributed by atoms with Gasteiger partial charge in [0.2, 0.25) is 0 Å². The normalized spacial score (nSPS) is 15.6. The van der Waals surface area contributed by atoms with E-state index >= 15 is 0 Å². The van der Waals surface area contributed by atoms with Crippen molar-refractivity contribution in [2.75, 3.05) is 4.90 Å². The average molecular weight is 612 g/mol. The van der Waals surface area contributed by atoms with Crippen LogP contribution < -0.4 is 4.90 Å². The van der Waals surface area contributed by atoms with Gasteiger partial charge >= 0.3 is 0 Å². The molecule has 0 radical (unpaired) electrons. The zero-order valence-electron chi connectivity index (χ0n) is 28.2. The molecule has 2 unspecified atom stereocenters. The largest absolute Gasteiger partial charge is 0.331 e. The maximum Gasteiger partial charge on any atom is 0.0697 e. The molecule has 0 bridgehead atoms. The summed E-state index contributed by atoms with van der Waals surface area (Å²) in [5.41, 5.74) is 10.5. The third-order valence-electron chi connectivity index (χ3n) is 11.1. The summed E-state index contributed by atoms with van der Waals surface area (Å²) in [6.45, 7) is 9.49. The van der Waals surface area contributed by atoms with Crippen molar-refractivity contribution >= 4 is 28.2 Å². The van der Waals surface area contributed by atoms with E-state index in [1.165, 1.54) is 55.5 Å². The molecule has 6 aromatic rings. The number of nitrogens with zero attached hydrogens (tertiary/aromatic N) is 1. The van der Waals surface area contributed by atoms with E-state index in [0.29, 0.717) is 0 Å². The van der Waals surface area contributed by atoms with Gasteiger partial charge in [-0.3, -0.25) is 0 Å². The SMILES string of the molecule is CCC(C)(C1=Cc2ccccc2C1c1ccccc1)c1ccc(C(CC)(CC)N(c2ccccc2)c2cccc3ccccc23)cc1. The molecular weight excluding hydrogens is 567 g/mol. The van der Waals surface area contributed by atoms with Gasteiger partial charge in [-0.25, -0.2) is 0 Å². The fraction of sp³-hybridized carbons (Fsp3) is 0.217. The van der Waals surface area contributed by atoms with Crippen LogP contribution in [-0.4, -0.2) is 0 Å². The lowest BCUT2D eigenvalue weighted by Crippen LogP contribution is -2.43. The molecule has 1 nitrogen and oxygen atoms in total. The number of fused-ring (bicyclic) bond motifs is 2. The highest BCUT2D eigenvalue weighted by atomic mass is 15.2. The molecule has 0 N–H and O–H groups in total. The monoisotopic (exact) mass is 611 g/mol. The van der Waals surface area contributed by atoms with Crippen LogP contribution >= 0.6 is 0 Å². The zero-order chi connectivity index (χ0) is 32.4. The van der Waals surface area contributed by atoms with Crippen LogP contribution in [0.3, 0.4) is 0 Å². The van der Waals surface area contributed by atoms with Gasteiger partial charge in [-0.05, 0) is 76.2 Å². The molecule has 0 heterocycles. The van der Waals surface area contributed by atoms with Gasteiger partial charge in [-0.2, -0.15) is 0 Å². The second-order valence-corrected chi connectivity index (χ2v) is 13.2. The van der Waals surface area contributed by atoms with Crippen molar-refractivity contribution in [3.05, 3.63) is 185 Å². The maximum absolute atomic E-state index is 2.62. The van der Waals surface area contributed by atoms with E-state index in [1.807, 2.05) is 0 Å². The Labute approximate surface area is 281 Å². The molecule has 1 aliphatic rings. The summed E-state index contributed by atoms with van der Waals surface area (Å²) in [6, 6.07) is 56.2. The van der Waals surface area contributed by atoms with Crippen LogP contribution in [0.5, 0.6) is 0 Å². The predicted molar refractivity (Wildman–Crippen MR) is 202 cm³/mol. The van der Waals surface area contributed by atoms with Gasteiger partial charge in [-0.15, -0.1) is 0 Å². The van der Waals surface area contributed by atoms with Crippen LogP contribution in [0.25, 0.3) is 16.8 Å². The Hall–Kier alpha value is -4.88. The van der Waals surface area contributed by atoms with Crippen molar-refractivity contribution in [2.24, 2.45) is 0 Å². The van der Waals surface area contributed by atoms with Gasteiger partial charge in [0.1, 0.15) is 0 Å². The van der Waals surface area contributed by atoms with Gasteiger partial charge in [0.25, 0.3) is 0 Å². The third kappa shape index (κ3) is 5.19. The first-order valence-electron chi connectivity index (χ1n) is 17.3. The van der Waals surface area contributed by atoms with Crippen LogP contribution in [0, 0.1) is 0 Å². The van der Waals surface area contributed by atoms with Crippen molar-refractivity contribution in [3.63, 3.8) is 0 Å². The number of hydrogen-bond acceptors (Lipinski definition) is 1. The molecule has 2 atom stereocenters. The number of rotatable bonds is 10. The minimum Gasteiger partial charge on any atom is -0.331 e. The standard InChI is InChI=1S/C46H45N/c1-5-45(4,42-33-36-22-15-17-27-41(36)44(42)35-20-10-8-11-21-35)37-29-31-38(32-30-37)46(6-2,7-3)47(39-24-12-9-13-25-39)43-28-18-23-34-19-14-16-26-40(34)43/h8-33,44H,5-7H2,1-4H3. The third-order valence-corrected chi connectivity index (χ3v) is 11.1. The molecule has 0 aliphatic heterocycles. The van der Waals surface area contributed by atoms with Crippen LogP contribution in [0.15, 0.2) is 157 Å². The summed E-state index contributed by atoms with van der Waals surface area (Å²) in [5, 5.41) is 2.54. The lowest BCUT2D eigenvalue weighted by Gasteiger charge is -2.46. The van der Waals surface area contributed by atoms with Gasteiger partial charge in [-0.1, -0.05) is 167 Å². The summed E-state index contributed by atoms with van der Waals surface area (Å²) >= 11 is 0. The van der Waals surface area contributed by atoms with E-state index < -0.39 is 0 Å². The van der Waals surface area contributed by atoms with E-state index in [-0.39, 0.29) is 16.9 Å². The summed E-state index contributed by atoms with van der Waals surface area (Å²) < 4.78 is 0. The van der Waals surface area contributed by atoms with Crippen molar-refractivity contribution < 1.29 is 0 Å². The Balaban J connectivity index is 1.35. The smallest absolute Gasteiger partial charge is 0.0697 e. The predicted octanol–water partition coefficient (Wildman–Crippen LogP) is 12.6. The molecule has 6 aromatic carbocycles. The highest BCUT2D eigenvalue weighted by Crippen LogP contribution is 2.52. The molecule has 0 saturated carbocycles. The van der Waals surface area contributed by atoms with Crippen LogP contribution in [0.2, 0.25) is 0 Å². The fourth-order valence-electron chi connectivity index (χ4n) is 8.23. The van der Waals surface area contributed by atoms with Crippen LogP contribution in [0.4, 0.5) is 11.4 Å². The fourth-order valence-corrected chi connectivity index (χ4v) is 8.23. The molecule has 0 saturated heterocycles. The van der Waals surface area contributed by atoms with E-state index in [1.54, 1.807) is 0 Å². The minimum atomic E-state index is -0.234. The number of para-hydroxylation sites is 1. The van der Waals surface area contributed by atoms with Crippen molar-refractivity contribution in [1.29, 1.82) is 0 Å². The van der Waals surface area contributed by atoms with Crippen LogP contribution in [-0.2, 0) is 11.0 Å². The summed E-state index contributed by atoms with van der Waals surface area (Å²) in [6.07, 6.45) is 5.45. The van der Waals surface area contributed by atoms with Gasteiger partial charge in [0.05, 0.1) is 5.54 Å². The molecule has 47 heavy (non-hydrogen) atoms. The Morgan fingerprint density at radius 2 is 1.15 bits per heavy atom. The average Bonchev–Trinajstić information content (AvgIpc) is 3.55. The number of hydrogen-bond donors (Lipinski definition) is 0. The molecule has 1 heteroatoms. The lowest BCUT2D eigenvalue weighted by molar-refractivity contribution is 0.403. The second kappa shape index (κ2) is 12.7. The first-order valence-corrected chi connectivity index (χ1v) is 17.3. The quantitative estimate of drug-likeness (QED) is 0.149. The molecule has 0 spiro atoms. The first-order chi connectivity index (χ1) is 23.0. The molecule has 1 aliphatic carbocycles. The minimum absolute atomic E-state index is 0.117. The molecule has 0 aromatic heterocycles. The Morgan fingerprint density at radius 1 is 0.553 bits per heavy atom. The summed E-state index contributed by atoms with van der Waals surface area (Å²) in [5.74, 6) is 0.252. The number of allylic oxidation sites excluding steroid dienone is 1. The second-order valence-electron chi connectivity index (χ2n) is 13.2. The highest BCUT2D eigenvalue weighted by molar-refractivity contribution is 5.96. The topological polar surface area (TPSA) is 3.24 Å². The molecule has 234 valence electrons. The Morgan fingerprint density at radius 3 is 1.85 bits per heavy atom. The van der Waals surface area contributed by atoms with Gasteiger partial charge in [0.15, 0.2) is 0 Å². The lowest BCUT2D eigenvalue weighted by atomic mass is 9.68. The molecular formula is C46H45N. The Kier molecular flexibility index (Phi) is 8.33.